The molecule has 0 spiro atoms. The van der Waals surface area contributed by atoms with Crippen molar-refractivity contribution < 1.29 is 4.39 Å². The van der Waals surface area contributed by atoms with Crippen LogP contribution in [0.2, 0.25) is 0 Å². The SMILES string of the molecule is Cc1cccc(-c2nn[nH]n2)c1F. The fourth-order valence-electron chi connectivity index (χ4n) is 1.10. The van der Waals surface area contributed by atoms with Gasteiger partial charge < -0.3 is 0 Å². The van der Waals surface area contributed by atoms with E-state index in [0.29, 0.717) is 11.1 Å². The fraction of sp³-hybridized carbons (Fsp3) is 0.125. The topological polar surface area (TPSA) is 54.5 Å². The van der Waals surface area contributed by atoms with Crippen LogP contribution in [0.5, 0.6) is 0 Å². The Hall–Kier alpha value is -1.78. The van der Waals surface area contributed by atoms with Gasteiger partial charge in [0.05, 0.1) is 5.56 Å². The Labute approximate surface area is 73.8 Å². The number of H-pyrrole nitrogens is 1. The highest BCUT2D eigenvalue weighted by molar-refractivity contribution is 5.55. The zero-order valence-corrected chi connectivity index (χ0v) is 6.95. The normalized spacial score (nSPS) is 10.3. The summed E-state index contributed by atoms with van der Waals surface area (Å²) in [5.41, 5.74) is 0.941. The molecule has 0 bridgehead atoms. The molecule has 0 saturated carbocycles. The molecule has 13 heavy (non-hydrogen) atoms. The van der Waals surface area contributed by atoms with E-state index in [1.165, 1.54) is 0 Å². The van der Waals surface area contributed by atoms with Gasteiger partial charge in [0.15, 0.2) is 0 Å². The Morgan fingerprint density at radius 1 is 1.38 bits per heavy atom. The van der Waals surface area contributed by atoms with Gasteiger partial charge in [-0.3, -0.25) is 0 Å². The van der Waals surface area contributed by atoms with E-state index in [1.54, 1.807) is 25.1 Å². The third-order valence-electron chi connectivity index (χ3n) is 1.78. The molecular weight excluding hydrogens is 171 g/mol. The maximum absolute atomic E-state index is 13.4. The lowest BCUT2D eigenvalue weighted by Crippen LogP contribution is -1.89. The second-order valence-electron chi connectivity index (χ2n) is 2.67. The summed E-state index contributed by atoms with van der Waals surface area (Å²) in [5.74, 6) is -0.0231. The van der Waals surface area contributed by atoms with Crippen molar-refractivity contribution in [2.24, 2.45) is 0 Å². The highest BCUT2D eigenvalue weighted by atomic mass is 19.1. The lowest BCUT2D eigenvalue weighted by Gasteiger charge is -1.99. The second-order valence-corrected chi connectivity index (χ2v) is 2.67. The highest BCUT2D eigenvalue weighted by Gasteiger charge is 2.09. The van der Waals surface area contributed by atoms with Crippen molar-refractivity contribution in [1.82, 2.24) is 20.6 Å². The van der Waals surface area contributed by atoms with Gasteiger partial charge in [-0.1, -0.05) is 12.1 Å². The molecule has 0 fully saturated rings. The van der Waals surface area contributed by atoms with Crippen LogP contribution in [0, 0.1) is 12.7 Å². The number of nitrogens with zero attached hydrogens (tertiary/aromatic N) is 3. The summed E-state index contributed by atoms with van der Waals surface area (Å²) < 4.78 is 13.4. The average molecular weight is 178 g/mol. The smallest absolute Gasteiger partial charge is 0.206 e. The first-order valence-electron chi connectivity index (χ1n) is 3.78. The van der Waals surface area contributed by atoms with Crippen LogP contribution >= 0.6 is 0 Å². The number of hydrogen-bond donors (Lipinski definition) is 1. The van der Waals surface area contributed by atoms with E-state index in [-0.39, 0.29) is 11.6 Å². The zero-order valence-electron chi connectivity index (χ0n) is 6.95. The van der Waals surface area contributed by atoms with E-state index in [0.717, 1.165) is 0 Å². The zero-order chi connectivity index (χ0) is 9.26. The number of benzene rings is 1. The maximum atomic E-state index is 13.4. The Morgan fingerprint density at radius 3 is 2.92 bits per heavy atom. The Kier molecular flexibility index (Phi) is 1.77. The molecule has 2 aromatic rings. The van der Waals surface area contributed by atoms with Crippen LogP contribution in [-0.2, 0) is 0 Å². The number of nitrogens with one attached hydrogen (secondary N) is 1. The van der Waals surface area contributed by atoms with Crippen molar-refractivity contribution in [2.45, 2.75) is 6.92 Å². The van der Waals surface area contributed by atoms with Crippen molar-refractivity contribution in [2.75, 3.05) is 0 Å². The summed E-state index contributed by atoms with van der Waals surface area (Å²) in [7, 11) is 0. The molecule has 1 aromatic carbocycles. The minimum absolute atomic E-state index is 0.279. The van der Waals surface area contributed by atoms with Crippen LogP contribution in [0.15, 0.2) is 18.2 Å². The molecule has 0 aliphatic carbocycles. The number of aryl methyl sites for hydroxylation is 1. The van der Waals surface area contributed by atoms with Crippen LogP contribution in [0.3, 0.4) is 0 Å². The van der Waals surface area contributed by atoms with Gasteiger partial charge in [0, 0.05) is 0 Å². The molecular formula is C8H7FN4. The van der Waals surface area contributed by atoms with E-state index in [9.17, 15) is 4.39 Å². The van der Waals surface area contributed by atoms with E-state index in [4.69, 9.17) is 0 Å². The predicted molar refractivity (Wildman–Crippen MR) is 44.3 cm³/mol. The predicted octanol–water partition coefficient (Wildman–Crippen LogP) is 1.31. The molecule has 0 unspecified atom stereocenters. The standard InChI is InChI=1S/C8H7FN4/c1-5-3-2-4-6(7(5)9)8-10-12-13-11-8/h2-4H,1H3,(H,10,11,12,13). The summed E-state index contributed by atoms with van der Waals surface area (Å²) in [6.45, 7) is 1.69. The summed E-state index contributed by atoms with van der Waals surface area (Å²) in [4.78, 5) is 0. The Balaban J connectivity index is 2.59. The molecule has 2 rings (SSSR count). The van der Waals surface area contributed by atoms with Gasteiger partial charge in [-0.2, -0.15) is 5.21 Å². The summed E-state index contributed by atoms with van der Waals surface area (Å²) in [6.07, 6.45) is 0. The Morgan fingerprint density at radius 2 is 2.23 bits per heavy atom. The lowest BCUT2D eigenvalue weighted by atomic mass is 10.1. The van der Waals surface area contributed by atoms with Gasteiger partial charge in [-0.25, -0.2) is 4.39 Å². The number of aromatic amines is 1. The number of rotatable bonds is 1. The maximum Gasteiger partial charge on any atom is 0.207 e. The first-order valence-corrected chi connectivity index (χ1v) is 3.78. The molecule has 1 N–H and O–H groups in total. The van der Waals surface area contributed by atoms with E-state index in [1.807, 2.05) is 0 Å². The van der Waals surface area contributed by atoms with Gasteiger partial charge in [0.25, 0.3) is 0 Å². The van der Waals surface area contributed by atoms with E-state index >= 15 is 0 Å². The molecule has 0 aliphatic rings. The third-order valence-corrected chi connectivity index (χ3v) is 1.78. The Bertz CT molecular complexity index is 410. The minimum Gasteiger partial charge on any atom is -0.206 e. The molecule has 0 aliphatic heterocycles. The summed E-state index contributed by atoms with van der Waals surface area (Å²) in [6, 6.07) is 5.07. The number of aromatic nitrogens is 4. The van der Waals surface area contributed by atoms with Crippen molar-refractivity contribution in [1.29, 1.82) is 0 Å². The molecule has 0 radical (unpaired) electrons. The minimum atomic E-state index is -0.302. The average Bonchev–Trinajstić information content (AvgIpc) is 2.62. The van der Waals surface area contributed by atoms with Gasteiger partial charge in [0.2, 0.25) is 5.82 Å². The second kappa shape index (κ2) is 2.93. The third kappa shape index (κ3) is 1.28. The molecule has 4 nitrogen and oxygen atoms in total. The number of halogens is 1. The molecule has 0 atom stereocenters. The van der Waals surface area contributed by atoms with Gasteiger partial charge in [-0.05, 0) is 23.8 Å². The summed E-state index contributed by atoms with van der Waals surface area (Å²) in [5, 5.41) is 13.0. The first-order chi connectivity index (χ1) is 6.29. The molecule has 1 aromatic heterocycles. The molecule has 0 saturated heterocycles. The van der Waals surface area contributed by atoms with Crippen molar-refractivity contribution in [3.05, 3.63) is 29.6 Å². The van der Waals surface area contributed by atoms with Crippen molar-refractivity contribution in [3.8, 4) is 11.4 Å². The van der Waals surface area contributed by atoms with Gasteiger partial charge in [-0.15, -0.1) is 10.2 Å². The van der Waals surface area contributed by atoms with Gasteiger partial charge in [0.1, 0.15) is 5.82 Å². The van der Waals surface area contributed by atoms with Crippen LogP contribution < -0.4 is 0 Å². The van der Waals surface area contributed by atoms with Crippen molar-refractivity contribution in [3.63, 3.8) is 0 Å². The van der Waals surface area contributed by atoms with E-state index in [2.05, 4.69) is 20.6 Å². The fourth-order valence-corrected chi connectivity index (χ4v) is 1.10. The monoisotopic (exact) mass is 178 g/mol. The molecule has 0 amide bonds. The van der Waals surface area contributed by atoms with E-state index < -0.39 is 0 Å². The van der Waals surface area contributed by atoms with Crippen LogP contribution in [0.4, 0.5) is 4.39 Å². The lowest BCUT2D eigenvalue weighted by molar-refractivity contribution is 0.621. The highest BCUT2D eigenvalue weighted by Crippen LogP contribution is 2.19. The largest absolute Gasteiger partial charge is 0.207 e. The number of hydrogen-bond acceptors (Lipinski definition) is 3. The summed E-state index contributed by atoms with van der Waals surface area (Å²) >= 11 is 0. The quantitative estimate of drug-likeness (QED) is 0.716. The molecule has 5 heteroatoms. The first kappa shape index (κ1) is 7.85. The van der Waals surface area contributed by atoms with Crippen LogP contribution in [0.25, 0.3) is 11.4 Å². The molecule has 1 heterocycles. The van der Waals surface area contributed by atoms with Crippen LogP contribution in [-0.4, -0.2) is 20.6 Å². The molecule has 66 valence electrons. The number of tetrazole rings is 1. The van der Waals surface area contributed by atoms with Crippen molar-refractivity contribution >= 4 is 0 Å². The van der Waals surface area contributed by atoms with Gasteiger partial charge >= 0.3 is 0 Å². The van der Waals surface area contributed by atoms with Crippen LogP contribution in [0.1, 0.15) is 5.56 Å².